The number of nitrogens with one attached hydrogen (secondary N) is 2. The number of hydrogen-bond acceptors (Lipinski definition) is 5. The van der Waals surface area contributed by atoms with Gasteiger partial charge in [0.05, 0.1) is 28.9 Å². The number of nitriles is 1. The molecule has 0 unspecified atom stereocenters. The molecular formula is C22H15ClN6. The largest absolute Gasteiger partial charge is 0.339 e. The first-order valence-electron chi connectivity index (χ1n) is 8.92. The first-order valence-corrected chi connectivity index (χ1v) is 9.30. The quantitative estimate of drug-likeness (QED) is 0.551. The minimum absolute atomic E-state index is 0.422. The smallest absolute Gasteiger partial charge is 0.229 e. The van der Waals surface area contributed by atoms with Gasteiger partial charge in [-0.25, -0.2) is 9.83 Å². The average Bonchev–Trinajstić information content (AvgIpc) is 3.11. The Hall–Kier alpha value is -3.87. The number of benzene rings is 2. The van der Waals surface area contributed by atoms with E-state index in [-0.39, 0.29) is 0 Å². The minimum atomic E-state index is 0.422. The normalized spacial score (nSPS) is 13.4. The maximum Gasteiger partial charge on any atom is 0.229 e. The Labute approximate surface area is 173 Å². The zero-order valence-electron chi connectivity index (χ0n) is 15.3. The maximum absolute atomic E-state index is 8.89. The van der Waals surface area contributed by atoms with Crippen molar-refractivity contribution in [3.63, 3.8) is 0 Å². The van der Waals surface area contributed by atoms with Gasteiger partial charge in [0, 0.05) is 11.9 Å². The highest BCUT2D eigenvalue weighted by molar-refractivity contribution is 6.33. The van der Waals surface area contributed by atoms with Crippen molar-refractivity contribution in [1.29, 1.82) is 5.26 Å². The highest BCUT2D eigenvalue weighted by Gasteiger charge is 2.18. The summed E-state index contributed by atoms with van der Waals surface area (Å²) in [6, 6.07) is 14.8. The van der Waals surface area contributed by atoms with Gasteiger partial charge in [-0.05, 0) is 72.0 Å². The van der Waals surface area contributed by atoms with Gasteiger partial charge in [0.15, 0.2) is 6.20 Å². The van der Waals surface area contributed by atoms with Gasteiger partial charge in [0.2, 0.25) is 5.95 Å². The molecular weight excluding hydrogens is 384 g/mol. The Balaban J connectivity index is 1.57. The van der Waals surface area contributed by atoms with Crippen LogP contribution < -0.4 is 10.6 Å². The Morgan fingerprint density at radius 2 is 1.97 bits per heavy atom. The first kappa shape index (κ1) is 18.5. The topological polar surface area (TPSA) is 78.0 Å². The van der Waals surface area contributed by atoms with E-state index in [4.69, 9.17) is 23.4 Å². The summed E-state index contributed by atoms with van der Waals surface area (Å²) in [5.74, 6) is 1.01. The lowest BCUT2D eigenvalue weighted by atomic mass is 10.1. The Morgan fingerprint density at radius 3 is 2.72 bits per heavy atom. The van der Waals surface area contributed by atoms with Crippen LogP contribution in [0.15, 0.2) is 54.9 Å². The molecule has 1 aliphatic rings. The molecule has 1 heterocycles. The lowest BCUT2D eigenvalue weighted by molar-refractivity contribution is 1.08. The first-order chi connectivity index (χ1) is 14.2. The molecule has 2 aromatic carbocycles. The maximum atomic E-state index is 8.89. The van der Waals surface area contributed by atoms with Crippen LogP contribution in [0.5, 0.6) is 0 Å². The van der Waals surface area contributed by atoms with Crippen molar-refractivity contribution in [2.75, 3.05) is 10.6 Å². The molecule has 6 nitrogen and oxygen atoms in total. The second-order valence-corrected chi connectivity index (χ2v) is 6.88. The van der Waals surface area contributed by atoms with Crippen LogP contribution in [0.4, 0.5) is 23.1 Å². The van der Waals surface area contributed by atoms with Crippen molar-refractivity contribution < 1.29 is 0 Å². The molecule has 7 heteroatoms. The van der Waals surface area contributed by atoms with Gasteiger partial charge in [0.1, 0.15) is 5.82 Å². The number of halogens is 1. The van der Waals surface area contributed by atoms with Crippen molar-refractivity contribution in [1.82, 2.24) is 9.97 Å². The average molecular weight is 399 g/mol. The number of aryl methyl sites for hydroxylation is 1. The van der Waals surface area contributed by atoms with E-state index in [2.05, 4.69) is 31.5 Å². The fourth-order valence-corrected chi connectivity index (χ4v) is 3.45. The molecule has 29 heavy (non-hydrogen) atoms. The summed E-state index contributed by atoms with van der Waals surface area (Å²) < 4.78 is 0. The van der Waals surface area contributed by atoms with Gasteiger partial charge >= 0.3 is 0 Å². The van der Waals surface area contributed by atoms with E-state index in [1.807, 2.05) is 12.1 Å². The number of anilines is 4. The van der Waals surface area contributed by atoms with Gasteiger partial charge in [-0.1, -0.05) is 11.6 Å². The molecule has 1 aliphatic carbocycles. The SMILES string of the molecule is [C-]#[N+]C=C1CCc2cc(Cl)c(Nc3ccnc(Nc4ccc(C#N)cc4)n3)cc21. The van der Waals surface area contributed by atoms with E-state index in [0.29, 0.717) is 22.4 Å². The van der Waals surface area contributed by atoms with Crippen LogP contribution in [-0.4, -0.2) is 9.97 Å². The summed E-state index contributed by atoms with van der Waals surface area (Å²) >= 11 is 6.45. The van der Waals surface area contributed by atoms with E-state index >= 15 is 0 Å². The van der Waals surface area contributed by atoms with Crippen molar-refractivity contribution >= 4 is 40.3 Å². The third-order valence-corrected chi connectivity index (χ3v) is 4.92. The zero-order chi connectivity index (χ0) is 20.2. The van der Waals surface area contributed by atoms with E-state index in [1.54, 1.807) is 42.7 Å². The van der Waals surface area contributed by atoms with E-state index in [0.717, 1.165) is 40.9 Å². The molecule has 0 bridgehead atoms. The molecule has 0 radical (unpaired) electrons. The van der Waals surface area contributed by atoms with Crippen molar-refractivity contribution in [3.8, 4) is 6.07 Å². The second kappa shape index (κ2) is 8.02. The van der Waals surface area contributed by atoms with Gasteiger partial charge < -0.3 is 10.6 Å². The highest BCUT2D eigenvalue weighted by atomic mass is 35.5. The van der Waals surface area contributed by atoms with E-state index < -0.39 is 0 Å². The minimum Gasteiger partial charge on any atom is -0.339 e. The third kappa shape index (κ3) is 4.03. The molecule has 1 aromatic heterocycles. The van der Waals surface area contributed by atoms with Crippen LogP contribution >= 0.6 is 11.6 Å². The lowest BCUT2D eigenvalue weighted by Gasteiger charge is -2.12. The summed E-state index contributed by atoms with van der Waals surface area (Å²) in [4.78, 5) is 12.1. The number of nitrogens with zero attached hydrogens (tertiary/aromatic N) is 4. The fourth-order valence-electron chi connectivity index (χ4n) is 3.22. The van der Waals surface area contributed by atoms with Crippen molar-refractivity contribution in [2.24, 2.45) is 0 Å². The summed E-state index contributed by atoms with van der Waals surface area (Å²) in [5.41, 5.74) is 5.33. The molecule has 0 atom stereocenters. The Morgan fingerprint density at radius 1 is 1.14 bits per heavy atom. The zero-order valence-corrected chi connectivity index (χ0v) is 16.0. The molecule has 0 fully saturated rings. The van der Waals surface area contributed by atoms with Crippen LogP contribution in [0.1, 0.15) is 23.1 Å². The molecule has 0 aliphatic heterocycles. The Bertz CT molecular complexity index is 1190. The van der Waals surface area contributed by atoms with Gasteiger partial charge in [0.25, 0.3) is 0 Å². The molecule has 4 rings (SSSR count). The summed E-state index contributed by atoms with van der Waals surface area (Å²) in [6.45, 7) is 7.09. The van der Waals surface area contributed by atoms with Crippen LogP contribution in [-0.2, 0) is 6.42 Å². The van der Waals surface area contributed by atoms with Gasteiger partial charge in [-0.3, -0.25) is 0 Å². The van der Waals surface area contributed by atoms with Crippen molar-refractivity contribution in [3.05, 3.63) is 88.0 Å². The van der Waals surface area contributed by atoms with Crippen molar-refractivity contribution in [2.45, 2.75) is 12.8 Å². The van der Waals surface area contributed by atoms with Gasteiger partial charge in [-0.2, -0.15) is 10.2 Å². The molecule has 0 saturated heterocycles. The molecule has 0 amide bonds. The number of rotatable bonds is 4. The summed E-state index contributed by atoms with van der Waals surface area (Å²) in [5, 5.41) is 15.8. The third-order valence-electron chi connectivity index (χ3n) is 4.61. The fraction of sp³-hybridized carbons (Fsp3) is 0.0909. The monoisotopic (exact) mass is 398 g/mol. The standard InChI is InChI=1S/C22H15ClN6/c1-25-13-16-5-4-15-10-19(23)20(11-18(15)16)28-21-8-9-26-22(29-21)27-17-6-2-14(12-24)3-7-17/h2-3,6-11,13H,4-5H2,(H2,26,27,28,29). The van der Waals surface area contributed by atoms with Crippen LogP contribution in [0.2, 0.25) is 5.02 Å². The lowest BCUT2D eigenvalue weighted by Crippen LogP contribution is -2.01. The number of allylic oxidation sites excluding steroid dienone is 1. The van der Waals surface area contributed by atoms with Crippen LogP contribution in [0.3, 0.4) is 0 Å². The highest BCUT2D eigenvalue weighted by Crippen LogP contribution is 2.38. The summed E-state index contributed by atoms with van der Waals surface area (Å²) in [7, 11) is 0. The second-order valence-electron chi connectivity index (χ2n) is 6.48. The summed E-state index contributed by atoms with van der Waals surface area (Å²) in [6.07, 6.45) is 4.97. The molecule has 140 valence electrons. The molecule has 0 saturated carbocycles. The number of aromatic nitrogens is 2. The van der Waals surface area contributed by atoms with Crippen LogP contribution in [0, 0.1) is 17.9 Å². The van der Waals surface area contributed by atoms with E-state index in [9.17, 15) is 0 Å². The van der Waals surface area contributed by atoms with Gasteiger partial charge in [-0.15, -0.1) is 0 Å². The number of fused-ring (bicyclic) bond motifs is 1. The van der Waals surface area contributed by atoms with E-state index in [1.165, 1.54) is 0 Å². The Kier molecular flexibility index (Phi) is 5.11. The molecule has 3 aromatic rings. The predicted molar refractivity (Wildman–Crippen MR) is 114 cm³/mol. The molecule has 0 spiro atoms. The van der Waals surface area contributed by atoms with Crippen LogP contribution in [0.25, 0.3) is 10.4 Å². The molecule has 2 N–H and O–H groups in total. The predicted octanol–water partition coefficient (Wildman–Crippen LogP) is 5.70. The number of hydrogen-bond donors (Lipinski definition) is 2.